The van der Waals surface area contributed by atoms with Crippen LogP contribution in [0.15, 0.2) is 18.2 Å². The predicted molar refractivity (Wildman–Crippen MR) is 73.7 cm³/mol. The summed E-state index contributed by atoms with van der Waals surface area (Å²) in [7, 11) is 0. The number of rotatable bonds is 5. The van der Waals surface area contributed by atoms with E-state index in [-0.39, 0.29) is 12.5 Å². The molecule has 1 aromatic rings. The van der Waals surface area contributed by atoms with E-state index in [1.807, 2.05) is 19.1 Å². The zero-order valence-corrected chi connectivity index (χ0v) is 11.2. The van der Waals surface area contributed by atoms with Gasteiger partial charge in [-0.2, -0.15) is 0 Å². The predicted octanol–water partition coefficient (Wildman–Crippen LogP) is 1.34. The molecular formula is C14H20N2O3. The van der Waals surface area contributed by atoms with Gasteiger partial charge in [-0.3, -0.25) is 4.79 Å². The molecule has 5 heteroatoms. The van der Waals surface area contributed by atoms with Gasteiger partial charge in [-0.15, -0.1) is 0 Å². The van der Waals surface area contributed by atoms with E-state index in [1.165, 1.54) is 0 Å². The quantitative estimate of drug-likeness (QED) is 0.842. The number of aliphatic hydroxyl groups is 1. The molecule has 19 heavy (non-hydrogen) atoms. The van der Waals surface area contributed by atoms with Crippen LogP contribution in [0.4, 0.5) is 5.69 Å². The van der Waals surface area contributed by atoms with Gasteiger partial charge in [-0.25, -0.2) is 0 Å². The molecule has 1 heterocycles. The van der Waals surface area contributed by atoms with E-state index < -0.39 is 0 Å². The van der Waals surface area contributed by atoms with Crippen LogP contribution < -0.4 is 10.1 Å². The Kier molecular flexibility index (Phi) is 4.63. The zero-order chi connectivity index (χ0) is 13.7. The molecule has 0 bridgehead atoms. The van der Waals surface area contributed by atoms with Crippen molar-refractivity contribution in [2.45, 2.75) is 13.3 Å². The molecule has 0 atom stereocenters. The summed E-state index contributed by atoms with van der Waals surface area (Å²) in [6.45, 7) is 4.28. The fourth-order valence-corrected chi connectivity index (χ4v) is 2.21. The minimum absolute atomic E-state index is 0.0279. The molecule has 104 valence electrons. The Morgan fingerprint density at radius 3 is 3.05 bits per heavy atom. The molecule has 2 N–H and O–H groups in total. The van der Waals surface area contributed by atoms with Crippen molar-refractivity contribution in [3.05, 3.63) is 23.8 Å². The molecule has 2 rings (SSSR count). The molecule has 0 spiro atoms. The number of carbonyl (C=O) groups excluding carboxylic acids is 1. The largest absolute Gasteiger partial charge is 0.489 e. The standard InChI is InChI=1S/C14H20N2O3/c1-2-7-16(8-9-17)14(18)11-4-3-5-12-13(11)19-10-6-15-12/h3-5,15,17H,2,6-10H2,1H3. The summed E-state index contributed by atoms with van der Waals surface area (Å²) in [5.41, 5.74) is 1.42. The first kappa shape index (κ1) is 13.7. The van der Waals surface area contributed by atoms with Crippen molar-refractivity contribution in [2.75, 3.05) is 38.2 Å². The van der Waals surface area contributed by atoms with Gasteiger partial charge in [0.1, 0.15) is 6.61 Å². The molecule has 5 nitrogen and oxygen atoms in total. The van der Waals surface area contributed by atoms with Crippen LogP contribution in [0.5, 0.6) is 5.75 Å². The average Bonchev–Trinajstić information content (AvgIpc) is 2.46. The highest BCUT2D eigenvalue weighted by atomic mass is 16.5. The molecule has 1 amide bonds. The molecule has 0 saturated carbocycles. The van der Waals surface area contributed by atoms with Crippen LogP contribution in [0.1, 0.15) is 23.7 Å². The van der Waals surface area contributed by atoms with Crippen LogP contribution in [0.25, 0.3) is 0 Å². The first-order chi connectivity index (χ1) is 9.27. The summed E-state index contributed by atoms with van der Waals surface area (Å²) < 4.78 is 5.61. The maximum Gasteiger partial charge on any atom is 0.257 e. The summed E-state index contributed by atoms with van der Waals surface area (Å²) in [6.07, 6.45) is 0.861. The second-order valence-corrected chi connectivity index (χ2v) is 4.47. The minimum Gasteiger partial charge on any atom is -0.489 e. The van der Waals surface area contributed by atoms with Gasteiger partial charge in [0.15, 0.2) is 5.75 Å². The monoisotopic (exact) mass is 264 g/mol. The molecule has 1 aromatic carbocycles. The van der Waals surface area contributed by atoms with E-state index in [1.54, 1.807) is 11.0 Å². The lowest BCUT2D eigenvalue weighted by Gasteiger charge is -2.25. The number of hydrogen-bond donors (Lipinski definition) is 2. The Balaban J connectivity index is 2.27. The lowest BCUT2D eigenvalue weighted by Crippen LogP contribution is -2.35. The van der Waals surface area contributed by atoms with Crippen LogP contribution >= 0.6 is 0 Å². The van der Waals surface area contributed by atoms with Gasteiger partial charge < -0.3 is 20.1 Å². The number of carbonyl (C=O) groups is 1. The van der Waals surface area contributed by atoms with Gasteiger partial charge in [-0.05, 0) is 18.6 Å². The van der Waals surface area contributed by atoms with Gasteiger partial charge in [-0.1, -0.05) is 13.0 Å². The normalized spacial score (nSPS) is 13.2. The Morgan fingerprint density at radius 2 is 2.32 bits per heavy atom. The molecule has 0 aliphatic carbocycles. The van der Waals surface area contributed by atoms with Crippen molar-refractivity contribution in [3.8, 4) is 5.75 Å². The SMILES string of the molecule is CCCN(CCO)C(=O)c1cccc2c1OCCN2. The zero-order valence-electron chi connectivity index (χ0n) is 11.2. The van der Waals surface area contributed by atoms with E-state index in [0.29, 0.717) is 31.0 Å². The van der Waals surface area contributed by atoms with Crippen molar-refractivity contribution in [3.63, 3.8) is 0 Å². The number of ether oxygens (including phenoxy) is 1. The van der Waals surface area contributed by atoms with Gasteiger partial charge in [0.25, 0.3) is 5.91 Å². The fourth-order valence-electron chi connectivity index (χ4n) is 2.21. The van der Waals surface area contributed by atoms with Gasteiger partial charge in [0, 0.05) is 19.6 Å². The second-order valence-electron chi connectivity index (χ2n) is 4.47. The highest BCUT2D eigenvalue weighted by molar-refractivity contribution is 5.99. The van der Waals surface area contributed by atoms with E-state index in [9.17, 15) is 4.79 Å². The summed E-state index contributed by atoms with van der Waals surface area (Å²) in [5.74, 6) is 0.536. The highest BCUT2D eigenvalue weighted by Crippen LogP contribution is 2.31. The summed E-state index contributed by atoms with van der Waals surface area (Å²) >= 11 is 0. The van der Waals surface area contributed by atoms with Crippen molar-refractivity contribution < 1.29 is 14.6 Å². The lowest BCUT2D eigenvalue weighted by atomic mass is 10.1. The summed E-state index contributed by atoms with van der Waals surface area (Å²) in [5, 5.41) is 12.3. The maximum atomic E-state index is 12.5. The lowest BCUT2D eigenvalue weighted by molar-refractivity contribution is 0.0717. The first-order valence-electron chi connectivity index (χ1n) is 6.67. The topological polar surface area (TPSA) is 61.8 Å². The van der Waals surface area contributed by atoms with E-state index in [0.717, 1.165) is 18.7 Å². The van der Waals surface area contributed by atoms with Crippen LogP contribution in [0, 0.1) is 0 Å². The van der Waals surface area contributed by atoms with Gasteiger partial charge >= 0.3 is 0 Å². The van der Waals surface area contributed by atoms with Gasteiger partial charge in [0.05, 0.1) is 17.9 Å². The van der Waals surface area contributed by atoms with Crippen molar-refractivity contribution in [1.82, 2.24) is 4.90 Å². The number of anilines is 1. The number of hydrogen-bond acceptors (Lipinski definition) is 4. The number of fused-ring (bicyclic) bond motifs is 1. The molecule has 0 saturated heterocycles. The summed E-state index contributed by atoms with van der Waals surface area (Å²) in [6, 6.07) is 5.52. The number of nitrogens with zero attached hydrogens (tertiary/aromatic N) is 1. The molecule has 0 aromatic heterocycles. The Hall–Kier alpha value is -1.75. The molecule has 0 radical (unpaired) electrons. The molecule has 0 fully saturated rings. The third kappa shape index (κ3) is 2.98. The number of amides is 1. The van der Waals surface area contributed by atoms with Crippen molar-refractivity contribution >= 4 is 11.6 Å². The van der Waals surface area contributed by atoms with Crippen LogP contribution in [0.3, 0.4) is 0 Å². The second kappa shape index (κ2) is 6.43. The molecule has 1 aliphatic heterocycles. The van der Waals surface area contributed by atoms with E-state index >= 15 is 0 Å². The number of aliphatic hydroxyl groups excluding tert-OH is 1. The van der Waals surface area contributed by atoms with E-state index in [4.69, 9.17) is 9.84 Å². The molecular weight excluding hydrogens is 244 g/mol. The van der Waals surface area contributed by atoms with Crippen molar-refractivity contribution in [1.29, 1.82) is 0 Å². The Labute approximate surface area is 113 Å². The number of para-hydroxylation sites is 1. The molecule has 0 unspecified atom stereocenters. The van der Waals surface area contributed by atoms with Crippen LogP contribution in [-0.2, 0) is 0 Å². The first-order valence-corrected chi connectivity index (χ1v) is 6.67. The third-order valence-electron chi connectivity index (χ3n) is 3.06. The Bertz CT molecular complexity index is 442. The third-order valence-corrected chi connectivity index (χ3v) is 3.06. The highest BCUT2D eigenvalue weighted by Gasteiger charge is 2.22. The van der Waals surface area contributed by atoms with Crippen LogP contribution in [-0.4, -0.2) is 48.8 Å². The molecule has 1 aliphatic rings. The average molecular weight is 264 g/mol. The summed E-state index contributed by atoms with van der Waals surface area (Å²) in [4.78, 5) is 14.2. The number of benzene rings is 1. The van der Waals surface area contributed by atoms with Gasteiger partial charge in [0.2, 0.25) is 0 Å². The minimum atomic E-state index is -0.0866. The van der Waals surface area contributed by atoms with Crippen LogP contribution in [0.2, 0.25) is 0 Å². The number of nitrogens with one attached hydrogen (secondary N) is 1. The maximum absolute atomic E-state index is 12.5. The van der Waals surface area contributed by atoms with Crippen molar-refractivity contribution in [2.24, 2.45) is 0 Å². The fraction of sp³-hybridized carbons (Fsp3) is 0.500. The smallest absolute Gasteiger partial charge is 0.257 e. The Morgan fingerprint density at radius 1 is 1.47 bits per heavy atom. The van der Waals surface area contributed by atoms with E-state index in [2.05, 4.69) is 5.32 Å².